The molecule has 0 spiro atoms. The molecule has 3 rings (SSSR count). The number of aliphatic imine (C=N–C) groups is 1. The van der Waals surface area contributed by atoms with Crippen LogP contribution in [0.2, 0.25) is 0 Å². The lowest BCUT2D eigenvalue weighted by atomic mass is 9.97. The van der Waals surface area contributed by atoms with Gasteiger partial charge in [-0.05, 0) is 62.7 Å². The molecule has 152 valence electrons. The second-order valence-electron chi connectivity index (χ2n) is 7.59. The quantitative estimate of drug-likeness (QED) is 0.540. The third-order valence-corrected chi connectivity index (χ3v) is 6.35. The number of benzene rings is 1. The second kappa shape index (κ2) is 10.0. The summed E-state index contributed by atoms with van der Waals surface area (Å²) in [6, 6.07) is 6.44. The van der Waals surface area contributed by atoms with E-state index in [0.717, 1.165) is 49.7 Å². The average molecular weight is 400 g/mol. The zero-order valence-corrected chi connectivity index (χ0v) is 18.2. The second-order valence-corrected chi connectivity index (χ2v) is 8.65. The molecule has 1 aliphatic heterocycles. The molecule has 5 nitrogen and oxygen atoms in total. The molecule has 6 heteroatoms. The van der Waals surface area contributed by atoms with Crippen LogP contribution in [0.15, 0.2) is 28.6 Å². The number of aryl methyl sites for hydroxylation is 3. The molecule has 28 heavy (non-hydrogen) atoms. The first-order chi connectivity index (χ1) is 13.6. The lowest BCUT2D eigenvalue weighted by Crippen LogP contribution is -2.34. The van der Waals surface area contributed by atoms with E-state index in [1.807, 2.05) is 0 Å². The minimum atomic E-state index is 0.538. The molecule has 0 saturated carbocycles. The van der Waals surface area contributed by atoms with Crippen LogP contribution in [0.4, 0.5) is 5.69 Å². The Kier molecular flexibility index (Phi) is 7.45. The lowest BCUT2D eigenvalue weighted by Gasteiger charge is -2.30. The van der Waals surface area contributed by atoms with Crippen molar-refractivity contribution < 1.29 is 0 Å². The molecule has 1 aromatic carbocycles. The van der Waals surface area contributed by atoms with Gasteiger partial charge in [-0.3, -0.25) is 9.89 Å². The van der Waals surface area contributed by atoms with E-state index in [0.29, 0.717) is 11.9 Å². The number of anilines is 1. The fraction of sp³-hybridized carbons (Fsp3) is 0.545. The Morgan fingerprint density at radius 3 is 2.50 bits per heavy atom. The number of likely N-dealkylation sites (tertiary alicyclic amines) is 1. The summed E-state index contributed by atoms with van der Waals surface area (Å²) in [6.45, 7) is 10.4. The highest BCUT2D eigenvalue weighted by molar-refractivity contribution is 7.09. The van der Waals surface area contributed by atoms with Crippen molar-refractivity contribution in [1.82, 2.24) is 9.88 Å². The highest BCUT2D eigenvalue weighted by atomic mass is 32.1. The predicted octanol–water partition coefficient (Wildman–Crippen LogP) is 4.22. The van der Waals surface area contributed by atoms with Crippen LogP contribution in [-0.2, 0) is 19.4 Å². The summed E-state index contributed by atoms with van der Waals surface area (Å²) >= 11 is 1.73. The summed E-state index contributed by atoms with van der Waals surface area (Å²) in [7, 11) is 0. The van der Waals surface area contributed by atoms with Crippen LogP contribution < -0.4 is 11.1 Å². The number of nitrogens with zero attached hydrogens (tertiary/aromatic N) is 3. The molecule has 2 aromatic rings. The van der Waals surface area contributed by atoms with Gasteiger partial charge in [-0.25, -0.2) is 4.98 Å². The Morgan fingerprint density at radius 2 is 1.93 bits per heavy atom. The van der Waals surface area contributed by atoms with Gasteiger partial charge in [0.1, 0.15) is 0 Å². The SMILES string of the molecule is CCc1cccc(CC)c1NC(N)=NCC1CCN(Cc2csc(C)n2)CC1. The molecule has 0 amide bonds. The maximum absolute atomic E-state index is 6.22. The zero-order chi connectivity index (χ0) is 19.9. The van der Waals surface area contributed by atoms with Gasteiger partial charge in [0.25, 0.3) is 0 Å². The molecule has 0 unspecified atom stereocenters. The third-order valence-electron chi connectivity index (χ3n) is 5.53. The monoisotopic (exact) mass is 399 g/mol. The molecule has 0 aliphatic carbocycles. The van der Waals surface area contributed by atoms with Crippen molar-refractivity contribution in [3.63, 3.8) is 0 Å². The van der Waals surface area contributed by atoms with Gasteiger partial charge in [0.2, 0.25) is 0 Å². The molecule has 1 aliphatic rings. The van der Waals surface area contributed by atoms with Gasteiger partial charge in [-0.2, -0.15) is 0 Å². The minimum absolute atomic E-state index is 0.538. The van der Waals surface area contributed by atoms with Gasteiger partial charge < -0.3 is 11.1 Å². The Balaban J connectivity index is 1.50. The summed E-state index contributed by atoms with van der Waals surface area (Å²) < 4.78 is 0. The van der Waals surface area contributed by atoms with Crippen molar-refractivity contribution in [3.8, 4) is 0 Å². The van der Waals surface area contributed by atoms with Crippen LogP contribution in [0.5, 0.6) is 0 Å². The smallest absolute Gasteiger partial charge is 0.193 e. The Bertz CT molecular complexity index is 768. The molecule has 0 atom stereocenters. The van der Waals surface area contributed by atoms with Crippen molar-refractivity contribution in [2.75, 3.05) is 25.0 Å². The maximum atomic E-state index is 6.22. The van der Waals surface area contributed by atoms with Crippen molar-refractivity contribution in [3.05, 3.63) is 45.4 Å². The van der Waals surface area contributed by atoms with Gasteiger partial charge in [-0.15, -0.1) is 11.3 Å². The number of rotatable bonds is 7. The Morgan fingerprint density at radius 1 is 1.25 bits per heavy atom. The molecule has 0 radical (unpaired) electrons. The first-order valence-electron chi connectivity index (χ1n) is 10.4. The van der Waals surface area contributed by atoms with E-state index >= 15 is 0 Å². The molecular formula is C22H33N5S. The lowest BCUT2D eigenvalue weighted by molar-refractivity contribution is 0.179. The van der Waals surface area contributed by atoms with Crippen molar-refractivity contribution in [2.45, 2.75) is 53.0 Å². The molecule has 1 aromatic heterocycles. The molecular weight excluding hydrogens is 366 g/mol. The van der Waals surface area contributed by atoms with Crippen LogP contribution >= 0.6 is 11.3 Å². The normalized spacial score (nSPS) is 16.5. The Hall–Kier alpha value is -1.92. The topological polar surface area (TPSA) is 66.5 Å². The number of piperidine rings is 1. The summed E-state index contributed by atoms with van der Waals surface area (Å²) in [5, 5.41) is 6.70. The molecule has 0 bridgehead atoms. The number of aromatic nitrogens is 1. The van der Waals surface area contributed by atoms with E-state index in [1.165, 1.54) is 29.7 Å². The number of hydrogen-bond acceptors (Lipinski definition) is 4. The average Bonchev–Trinajstić information content (AvgIpc) is 3.12. The molecule has 3 N–H and O–H groups in total. The number of para-hydroxylation sites is 1. The number of guanidine groups is 1. The van der Waals surface area contributed by atoms with Crippen LogP contribution in [0, 0.1) is 12.8 Å². The maximum Gasteiger partial charge on any atom is 0.193 e. The highest BCUT2D eigenvalue weighted by Crippen LogP contribution is 2.23. The predicted molar refractivity (Wildman–Crippen MR) is 120 cm³/mol. The number of nitrogens with two attached hydrogens (primary N) is 1. The van der Waals surface area contributed by atoms with Crippen LogP contribution in [0.25, 0.3) is 0 Å². The summed E-state index contributed by atoms with van der Waals surface area (Å²) in [4.78, 5) is 11.7. The first kappa shape index (κ1) is 20.8. The summed E-state index contributed by atoms with van der Waals surface area (Å²) in [5.74, 6) is 1.15. The van der Waals surface area contributed by atoms with Crippen molar-refractivity contribution in [2.24, 2.45) is 16.6 Å². The Labute approximate surface area is 173 Å². The van der Waals surface area contributed by atoms with E-state index in [4.69, 9.17) is 5.73 Å². The van der Waals surface area contributed by atoms with E-state index in [2.05, 4.69) is 64.5 Å². The van der Waals surface area contributed by atoms with Gasteiger partial charge in [-0.1, -0.05) is 32.0 Å². The summed E-state index contributed by atoms with van der Waals surface area (Å²) in [6.07, 6.45) is 4.32. The molecule has 1 fully saturated rings. The molecule has 1 saturated heterocycles. The first-order valence-corrected chi connectivity index (χ1v) is 11.3. The largest absolute Gasteiger partial charge is 0.370 e. The van der Waals surface area contributed by atoms with E-state index in [-0.39, 0.29) is 0 Å². The van der Waals surface area contributed by atoms with E-state index < -0.39 is 0 Å². The number of nitrogens with one attached hydrogen (secondary N) is 1. The van der Waals surface area contributed by atoms with Crippen LogP contribution in [0.1, 0.15) is 48.5 Å². The van der Waals surface area contributed by atoms with Gasteiger partial charge in [0, 0.05) is 24.2 Å². The third kappa shape index (κ3) is 5.55. The minimum Gasteiger partial charge on any atom is -0.370 e. The van der Waals surface area contributed by atoms with Crippen molar-refractivity contribution in [1.29, 1.82) is 0 Å². The molecule has 2 heterocycles. The zero-order valence-electron chi connectivity index (χ0n) is 17.4. The van der Waals surface area contributed by atoms with E-state index in [9.17, 15) is 0 Å². The van der Waals surface area contributed by atoms with Crippen molar-refractivity contribution >= 4 is 23.0 Å². The van der Waals surface area contributed by atoms with Crippen LogP contribution in [-0.4, -0.2) is 35.5 Å². The van der Waals surface area contributed by atoms with Gasteiger partial charge in [0.05, 0.1) is 10.7 Å². The number of thiazole rings is 1. The highest BCUT2D eigenvalue weighted by Gasteiger charge is 2.19. The van der Waals surface area contributed by atoms with Gasteiger partial charge in [0.15, 0.2) is 5.96 Å². The fourth-order valence-electron chi connectivity index (χ4n) is 3.84. The van der Waals surface area contributed by atoms with E-state index in [1.54, 1.807) is 11.3 Å². The summed E-state index contributed by atoms with van der Waals surface area (Å²) in [5.41, 5.74) is 11.2. The number of hydrogen-bond donors (Lipinski definition) is 2. The standard InChI is InChI=1S/C22H33N5S/c1-4-18-7-6-8-19(5-2)21(18)26-22(23)24-13-17-9-11-27(12-10-17)14-20-15-28-16(3)25-20/h6-8,15,17H,4-5,9-14H2,1-3H3,(H3,23,24,26). The van der Waals surface area contributed by atoms with Crippen LogP contribution in [0.3, 0.4) is 0 Å². The van der Waals surface area contributed by atoms with Gasteiger partial charge >= 0.3 is 0 Å². The fourth-order valence-corrected chi connectivity index (χ4v) is 4.44.